The fourth-order valence-electron chi connectivity index (χ4n) is 1.77. The summed E-state index contributed by atoms with van der Waals surface area (Å²) in [7, 11) is 0. The van der Waals surface area contributed by atoms with Crippen molar-refractivity contribution in [2.75, 3.05) is 0 Å². The van der Waals surface area contributed by atoms with Gasteiger partial charge in [-0.05, 0) is 17.2 Å². The van der Waals surface area contributed by atoms with E-state index in [1.165, 1.54) is 17.3 Å². The third kappa shape index (κ3) is 3.55. The van der Waals surface area contributed by atoms with E-state index in [0.717, 1.165) is 17.2 Å². The number of aromatic nitrogens is 2. The second-order valence-electron chi connectivity index (χ2n) is 3.71. The monoisotopic (exact) mass is 472 g/mol. The number of aromatic amines is 1. The molecule has 20 heavy (non-hydrogen) atoms. The van der Waals surface area contributed by atoms with Crippen LogP contribution in [-0.4, -0.2) is 86.3 Å². The molecule has 1 aliphatic rings. The van der Waals surface area contributed by atoms with Gasteiger partial charge in [-0.1, -0.05) is 15.9 Å². The Labute approximate surface area is 162 Å². The molecule has 106 valence electrons. The quantitative estimate of drug-likeness (QED) is 0.353. The summed E-state index contributed by atoms with van der Waals surface area (Å²) in [5.41, 5.74) is -2.91. The summed E-state index contributed by atoms with van der Waals surface area (Å²) in [5.74, 6) is 0. The van der Waals surface area contributed by atoms with E-state index in [2.05, 4.69) is 20.9 Å². The molecule has 0 unspecified atom stereocenters. The largest absolute Gasteiger partial charge is 2.00 e. The van der Waals surface area contributed by atoms with E-state index in [0.29, 0.717) is 0 Å². The van der Waals surface area contributed by atoms with Gasteiger partial charge in [-0.3, -0.25) is 14.3 Å². The van der Waals surface area contributed by atoms with Crippen LogP contribution in [0.2, 0.25) is 0 Å². The first-order valence-electron chi connectivity index (χ1n) is 4.99. The molecule has 10 heteroatoms. The summed E-state index contributed by atoms with van der Waals surface area (Å²) in [6, 6.07) is 1.12. The molecule has 0 spiro atoms. The number of aliphatic hydroxyl groups is 2. The van der Waals surface area contributed by atoms with Gasteiger partial charge in [0.1, 0.15) is 6.10 Å². The summed E-state index contributed by atoms with van der Waals surface area (Å²) in [6.45, 7) is 1.02. The third-order valence-electron chi connectivity index (χ3n) is 2.65. The zero-order chi connectivity index (χ0) is 13.3. The number of ether oxygens (including phenoxy) is 1. The molecule has 0 amide bonds. The Hall–Kier alpha value is 0.311. The minimum Gasteiger partial charge on any atom is -0.870 e. The van der Waals surface area contributed by atoms with Gasteiger partial charge in [-0.15, -0.1) is 0 Å². The number of nitrogens with one attached hydrogen (secondary N) is 1. The summed E-state index contributed by atoms with van der Waals surface area (Å²) in [4.78, 5) is 26.2. The number of rotatable bonds is 2. The van der Waals surface area contributed by atoms with Crippen molar-refractivity contribution in [1.82, 2.24) is 9.55 Å². The first kappa shape index (κ1) is 20.3. The van der Waals surface area contributed by atoms with Gasteiger partial charge in [-0.2, -0.15) is 6.61 Å². The van der Waals surface area contributed by atoms with Crippen LogP contribution >= 0.6 is 15.9 Å². The average molecular weight is 472 g/mol. The van der Waals surface area contributed by atoms with Gasteiger partial charge < -0.3 is 20.4 Å². The Morgan fingerprint density at radius 3 is 2.60 bits per heavy atom. The van der Waals surface area contributed by atoms with Gasteiger partial charge in [-0.25, -0.2) is 4.79 Å². The Bertz CT molecular complexity index is 588. The van der Waals surface area contributed by atoms with E-state index in [9.17, 15) is 19.8 Å². The molecule has 1 saturated heterocycles. The van der Waals surface area contributed by atoms with E-state index >= 15 is 0 Å². The van der Waals surface area contributed by atoms with Crippen molar-refractivity contribution in [2.24, 2.45) is 0 Å². The SMILES string of the molecule is O=c1ccn([C@]2(C=CBr)O[CH-][C@@H](O)[C@H]2O)c(=O)[nH]1.[Ba+2].[OH-]. The van der Waals surface area contributed by atoms with E-state index in [1.807, 2.05) is 0 Å². The number of hydrogen-bond acceptors (Lipinski definition) is 6. The molecular formula is C10H11BaBrN2O6. The van der Waals surface area contributed by atoms with E-state index in [1.54, 1.807) is 0 Å². The van der Waals surface area contributed by atoms with Gasteiger partial charge in [0.15, 0.2) is 5.72 Å². The van der Waals surface area contributed by atoms with Crippen LogP contribution in [0.25, 0.3) is 0 Å². The minimum atomic E-state index is -1.59. The fraction of sp³-hybridized carbons (Fsp3) is 0.300. The molecule has 1 aromatic rings. The van der Waals surface area contributed by atoms with Crippen molar-refractivity contribution < 1.29 is 20.4 Å². The number of aliphatic hydroxyl groups excluding tert-OH is 2. The molecule has 4 N–H and O–H groups in total. The van der Waals surface area contributed by atoms with Crippen molar-refractivity contribution >= 4 is 64.8 Å². The van der Waals surface area contributed by atoms with Gasteiger partial charge >= 0.3 is 54.6 Å². The predicted octanol–water partition coefficient (Wildman–Crippen LogP) is -1.55. The van der Waals surface area contributed by atoms with Crippen LogP contribution in [0.4, 0.5) is 0 Å². The van der Waals surface area contributed by atoms with Gasteiger partial charge in [0.2, 0.25) is 0 Å². The maximum absolute atomic E-state index is 11.7. The standard InChI is InChI=1S/C10H10BrN2O5.Ba.H2O/c11-3-2-10(8(16)6(14)5-18-10)13-4-1-7(15)12-9(13)17;;/h1-6,8,14,16H,(H,12,15,17);;1H2/q-1;+2;/p-1/t6-,8-,10-;;/m1../s1. The van der Waals surface area contributed by atoms with Crippen LogP contribution in [0, 0.1) is 6.61 Å². The Morgan fingerprint density at radius 2 is 2.15 bits per heavy atom. The fourth-order valence-corrected chi connectivity index (χ4v) is 2.15. The molecule has 1 fully saturated rings. The number of halogens is 1. The Morgan fingerprint density at radius 1 is 1.50 bits per heavy atom. The first-order chi connectivity index (χ1) is 8.51. The molecule has 1 aliphatic heterocycles. The van der Waals surface area contributed by atoms with E-state index < -0.39 is 29.2 Å². The maximum atomic E-state index is 11.7. The summed E-state index contributed by atoms with van der Waals surface area (Å²) in [6.07, 6.45) is -0.0877. The van der Waals surface area contributed by atoms with Crippen LogP contribution in [0.5, 0.6) is 0 Å². The predicted molar refractivity (Wildman–Crippen MR) is 72.5 cm³/mol. The molecule has 3 atom stereocenters. The van der Waals surface area contributed by atoms with Gasteiger partial charge in [0, 0.05) is 12.3 Å². The second-order valence-corrected chi connectivity index (χ2v) is 4.24. The number of hydrogen-bond donors (Lipinski definition) is 3. The summed E-state index contributed by atoms with van der Waals surface area (Å²) in [5, 5.41) is 19.5. The van der Waals surface area contributed by atoms with Crippen LogP contribution < -0.4 is 11.2 Å². The molecule has 2 heterocycles. The molecule has 0 radical (unpaired) electrons. The van der Waals surface area contributed by atoms with Crippen LogP contribution in [-0.2, 0) is 10.5 Å². The molecule has 0 aromatic carbocycles. The summed E-state index contributed by atoms with van der Waals surface area (Å²) >= 11 is 3.02. The molecule has 8 nitrogen and oxygen atoms in total. The molecule has 1 aromatic heterocycles. The Balaban J connectivity index is 0.00000180. The van der Waals surface area contributed by atoms with Crippen molar-refractivity contribution in [3.05, 3.63) is 50.8 Å². The van der Waals surface area contributed by atoms with E-state index in [-0.39, 0.29) is 54.4 Å². The minimum absolute atomic E-state index is 0. The number of H-pyrrole nitrogens is 1. The second kappa shape index (κ2) is 8.08. The molecule has 0 bridgehead atoms. The van der Waals surface area contributed by atoms with Gasteiger partial charge in [0.25, 0.3) is 5.56 Å². The zero-order valence-electron chi connectivity index (χ0n) is 10.1. The van der Waals surface area contributed by atoms with Crippen LogP contribution in [0.3, 0.4) is 0 Å². The smallest absolute Gasteiger partial charge is 0.870 e. The first-order valence-corrected chi connectivity index (χ1v) is 5.90. The van der Waals surface area contributed by atoms with Crippen molar-refractivity contribution in [1.29, 1.82) is 0 Å². The number of nitrogens with zero attached hydrogens (tertiary/aromatic N) is 1. The van der Waals surface area contributed by atoms with Crippen LogP contribution in [0.15, 0.2) is 32.9 Å². The zero-order valence-corrected chi connectivity index (χ0v) is 16.2. The Kier molecular flexibility index (Phi) is 8.20. The molecule has 0 saturated carbocycles. The summed E-state index contributed by atoms with van der Waals surface area (Å²) < 4.78 is 6.20. The van der Waals surface area contributed by atoms with Crippen molar-refractivity contribution in [3.8, 4) is 0 Å². The molecule has 2 rings (SSSR count). The maximum Gasteiger partial charge on any atom is 2.00 e. The third-order valence-corrected chi connectivity index (χ3v) is 2.91. The molecule has 0 aliphatic carbocycles. The van der Waals surface area contributed by atoms with Crippen molar-refractivity contribution in [2.45, 2.75) is 17.9 Å². The van der Waals surface area contributed by atoms with Crippen LogP contribution in [0.1, 0.15) is 0 Å². The molecular weight excluding hydrogens is 461 g/mol. The topological polar surface area (TPSA) is 135 Å². The normalized spacial score (nSPS) is 28.9. The van der Waals surface area contributed by atoms with Gasteiger partial charge in [0.05, 0.1) is 0 Å². The average Bonchev–Trinajstić information content (AvgIpc) is 2.59. The van der Waals surface area contributed by atoms with Crippen molar-refractivity contribution in [3.63, 3.8) is 0 Å². The van der Waals surface area contributed by atoms with E-state index in [4.69, 9.17) is 4.74 Å².